The molecular weight excluding hydrogens is 500 g/mol. The third kappa shape index (κ3) is 6.23. The molecule has 0 saturated heterocycles. The average molecular weight is 519 g/mol. The zero-order valence-electron chi connectivity index (χ0n) is 18.7. The Morgan fingerprint density at radius 1 is 1.06 bits per heavy atom. The minimum atomic E-state index is -0.456. The van der Waals surface area contributed by atoms with Crippen molar-refractivity contribution < 1.29 is 9.72 Å². The zero-order valence-corrected chi connectivity index (χ0v) is 20.3. The number of hydrogen-bond donors (Lipinski definition) is 1. The second kappa shape index (κ2) is 11.9. The maximum absolute atomic E-state index is 12.3. The van der Waals surface area contributed by atoms with Crippen LogP contribution in [0.4, 0.5) is 5.69 Å². The van der Waals surface area contributed by atoms with Gasteiger partial charge < -0.3 is 0 Å². The third-order valence-electron chi connectivity index (χ3n) is 4.84. The number of nitro benzene ring substituents is 1. The van der Waals surface area contributed by atoms with Crippen molar-refractivity contribution in [3.63, 3.8) is 0 Å². The number of allylic oxidation sites excluding steroid dienone is 1. The quantitative estimate of drug-likeness (QED) is 0.137. The lowest BCUT2D eigenvalue weighted by atomic mass is 10.2. The van der Waals surface area contributed by atoms with E-state index in [2.05, 4.69) is 20.7 Å². The van der Waals surface area contributed by atoms with E-state index >= 15 is 0 Å². The lowest BCUT2D eigenvalue weighted by Crippen LogP contribution is -2.19. The Kier molecular flexibility index (Phi) is 8.22. The number of para-hydroxylation sites is 2. The number of hydrogen-bond acceptors (Lipinski definition) is 7. The van der Waals surface area contributed by atoms with Crippen LogP contribution in [-0.2, 0) is 4.79 Å². The molecule has 3 aromatic carbocycles. The number of carbonyl (C=O) groups excluding carboxylic acids is 1. The Hall–Kier alpha value is -4.28. The molecular formula is C25H19ClN6O3S. The smallest absolute Gasteiger partial charge is 0.272 e. The van der Waals surface area contributed by atoms with E-state index in [-0.39, 0.29) is 17.3 Å². The summed E-state index contributed by atoms with van der Waals surface area (Å²) in [5.41, 5.74) is 4.55. The number of thioether (sulfide) groups is 1. The summed E-state index contributed by atoms with van der Waals surface area (Å²) in [6, 6.07) is 23.2. The number of hydrazone groups is 1. The van der Waals surface area contributed by atoms with E-state index in [9.17, 15) is 14.9 Å². The SMILES string of the molecule is O=C(CSc1nnc(-c2ccc(Cl)cc2)n1-c1ccccc1)N/N=C/C=C\c1ccccc1[N+](=O)[O-]. The number of halogens is 1. The molecule has 0 radical (unpaired) electrons. The number of carbonyl (C=O) groups is 1. The Labute approximate surface area is 215 Å². The van der Waals surface area contributed by atoms with Crippen LogP contribution in [-0.4, -0.2) is 37.6 Å². The average Bonchev–Trinajstić information content (AvgIpc) is 3.32. The largest absolute Gasteiger partial charge is 0.276 e. The van der Waals surface area contributed by atoms with Gasteiger partial charge in [0, 0.05) is 28.6 Å². The van der Waals surface area contributed by atoms with Gasteiger partial charge in [0.25, 0.3) is 11.6 Å². The molecule has 36 heavy (non-hydrogen) atoms. The minimum absolute atomic E-state index is 0.0110. The van der Waals surface area contributed by atoms with Crippen LogP contribution in [0.2, 0.25) is 5.02 Å². The van der Waals surface area contributed by atoms with Gasteiger partial charge in [-0.3, -0.25) is 19.5 Å². The molecule has 0 aliphatic heterocycles. The second-order valence-corrected chi connectivity index (χ2v) is 8.64. The summed E-state index contributed by atoms with van der Waals surface area (Å²) in [5, 5.41) is 24.7. The molecule has 9 nitrogen and oxygen atoms in total. The van der Waals surface area contributed by atoms with Gasteiger partial charge in [-0.05, 0) is 54.6 Å². The number of aromatic nitrogens is 3. The first-order valence-corrected chi connectivity index (χ1v) is 12.0. The Morgan fingerprint density at radius 2 is 1.78 bits per heavy atom. The fourth-order valence-electron chi connectivity index (χ4n) is 3.22. The van der Waals surface area contributed by atoms with Crippen molar-refractivity contribution in [1.82, 2.24) is 20.2 Å². The van der Waals surface area contributed by atoms with Crippen molar-refractivity contribution in [2.75, 3.05) is 5.75 Å². The highest BCUT2D eigenvalue weighted by Gasteiger charge is 2.17. The number of benzene rings is 3. The molecule has 0 unspecified atom stereocenters. The number of amides is 1. The van der Waals surface area contributed by atoms with Crippen LogP contribution in [0, 0.1) is 10.1 Å². The van der Waals surface area contributed by atoms with Crippen molar-refractivity contribution in [2.45, 2.75) is 5.16 Å². The van der Waals surface area contributed by atoms with Gasteiger partial charge in [0.2, 0.25) is 0 Å². The number of rotatable bonds is 9. The van der Waals surface area contributed by atoms with E-state index in [4.69, 9.17) is 11.6 Å². The molecule has 1 N–H and O–H groups in total. The van der Waals surface area contributed by atoms with E-state index in [0.29, 0.717) is 21.6 Å². The highest BCUT2D eigenvalue weighted by atomic mass is 35.5. The summed E-state index contributed by atoms with van der Waals surface area (Å²) in [7, 11) is 0. The standard InChI is InChI=1S/C25H19ClN6O3S/c26-20-14-12-19(13-15-20)24-29-30-25(31(24)21-9-2-1-3-10-21)36-17-23(33)28-27-16-6-8-18-7-4-5-11-22(18)32(34)35/h1-16H,17H2,(H,28,33)/b8-6-,27-16+. The molecule has 1 aromatic heterocycles. The molecule has 0 fully saturated rings. The van der Waals surface area contributed by atoms with Crippen LogP contribution < -0.4 is 5.43 Å². The van der Waals surface area contributed by atoms with Crippen LogP contribution in [0.5, 0.6) is 0 Å². The van der Waals surface area contributed by atoms with Crippen LogP contribution >= 0.6 is 23.4 Å². The third-order valence-corrected chi connectivity index (χ3v) is 6.02. The highest BCUT2D eigenvalue weighted by molar-refractivity contribution is 7.99. The van der Waals surface area contributed by atoms with E-state index in [1.807, 2.05) is 47.0 Å². The van der Waals surface area contributed by atoms with Gasteiger partial charge in [0.15, 0.2) is 11.0 Å². The fourth-order valence-corrected chi connectivity index (χ4v) is 4.09. The number of nitrogens with one attached hydrogen (secondary N) is 1. The molecule has 0 spiro atoms. The first kappa shape index (κ1) is 24.8. The first-order valence-electron chi connectivity index (χ1n) is 10.6. The van der Waals surface area contributed by atoms with Crippen LogP contribution in [0.1, 0.15) is 5.56 Å². The molecule has 1 amide bonds. The van der Waals surface area contributed by atoms with Crippen LogP contribution in [0.25, 0.3) is 23.2 Å². The van der Waals surface area contributed by atoms with Crippen molar-refractivity contribution in [2.24, 2.45) is 5.10 Å². The molecule has 1 heterocycles. The molecule has 0 saturated carbocycles. The zero-order chi connectivity index (χ0) is 25.3. The number of nitro groups is 1. The number of nitrogens with zero attached hydrogens (tertiary/aromatic N) is 5. The van der Waals surface area contributed by atoms with E-state index in [1.165, 1.54) is 30.1 Å². The van der Waals surface area contributed by atoms with Crippen molar-refractivity contribution >= 4 is 47.2 Å². The van der Waals surface area contributed by atoms with Gasteiger partial charge in [-0.15, -0.1) is 10.2 Å². The lowest BCUT2D eigenvalue weighted by molar-refractivity contribution is -0.385. The maximum Gasteiger partial charge on any atom is 0.276 e. The Bertz CT molecular complexity index is 1420. The fraction of sp³-hybridized carbons (Fsp3) is 0.0400. The predicted molar refractivity (Wildman–Crippen MR) is 141 cm³/mol. The summed E-state index contributed by atoms with van der Waals surface area (Å²) in [4.78, 5) is 22.9. The van der Waals surface area contributed by atoms with Gasteiger partial charge in [0.05, 0.1) is 16.2 Å². The predicted octanol–water partition coefficient (Wildman–Crippen LogP) is 5.40. The van der Waals surface area contributed by atoms with Crippen molar-refractivity contribution in [1.29, 1.82) is 0 Å². The van der Waals surface area contributed by atoms with Crippen molar-refractivity contribution in [3.05, 3.63) is 106 Å². The highest BCUT2D eigenvalue weighted by Crippen LogP contribution is 2.28. The molecule has 4 aromatic rings. The normalized spacial score (nSPS) is 11.2. The van der Waals surface area contributed by atoms with Crippen LogP contribution in [0.3, 0.4) is 0 Å². The molecule has 4 rings (SSSR count). The lowest BCUT2D eigenvalue weighted by Gasteiger charge is -2.10. The molecule has 11 heteroatoms. The second-order valence-electron chi connectivity index (χ2n) is 7.26. The van der Waals surface area contributed by atoms with E-state index in [0.717, 1.165) is 11.3 Å². The van der Waals surface area contributed by atoms with Gasteiger partial charge in [-0.1, -0.05) is 53.7 Å². The van der Waals surface area contributed by atoms with Crippen LogP contribution in [0.15, 0.2) is 95.2 Å². The minimum Gasteiger partial charge on any atom is -0.272 e. The van der Waals surface area contributed by atoms with Gasteiger partial charge in [0.1, 0.15) is 0 Å². The monoisotopic (exact) mass is 518 g/mol. The Balaban J connectivity index is 1.42. The topological polar surface area (TPSA) is 115 Å². The first-order chi connectivity index (χ1) is 17.5. The van der Waals surface area contributed by atoms with Crippen molar-refractivity contribution in [3.8, 4) is 17.1 Å². The Morgan fingerprint density at radius 3 is 2.53 bits per heavy atom. The summed E-state index contributed by atoms with van der Waals surface area (Å²) in [6.45, 7) is 0. The summed E-state index contributed by atoms with van der Waals surface area (Å²) in [5.74, 6) is 0.335. The molecule has 0 bridgehead atoms. The van der Waals surface area contributed by atoms with Gasteiger partial charge >= 0.3 is 0 Å². The molecule has 0 atom stereocenters. The maximum atomic E-state index is 12.3. The summed E-state index contributed by atoms with van der Waals surface area (Å²) >= 11 is 7.24. The van der Waals surface area contributed by atoms with E-state index in [1.54, 1.807) is 36.4 Å². The van der Waals surface area contributed by atoms with Gasteiger partial charge in [-0.2, -0.15) is 5.10 Å². The van der Waals surface area contributed by atoms with Gasteiger partial charge in [-0.25, -0.2) is 5.43 Å². The molecule has 180 valence electrons. The summed E-state index contributed by atoms with van der Waals surface area (Å²) < 4.78 is 1.87. The summed E-state index contributed by atoms with van der Waals surface area (Å²) in [6.07, 6.45) is 4.41. The van der Waals surface area contributed by atoms with E-state index < -0.39 is 4.92 Å². The molecule has 0 aliphatic rings. The molecule has 0 aliphatic carbocycles.